The van der Waals surface area contributed by atoms with Gasteiger partial charge in [-0.2, -0.15) is 0 Å². The molecule has 122 valence electrons. The summed E-state index contributed by atoms with van der Waals surface area (Å²) in [6.45, 7) is 4.11. The number of rotatable bonds is 6. The molecule has 1 atom stereocenters. The summed E-state index contributed by atoms with van der Waals surface area (Å²) in [5.41, 5.74) is 1.36. The van der Waals surface area contributed by atoms with Gasteiger partial charge in [-0.25, -0.2) is 0 Å². The van der Waals surface area contributed by atoms with Gasteiger partial charge in [-0.1, -0.05) is 30.3 Å². The summed E-state index contributed by atoms with van der Waals surface area (Å²) in [4.78, 5) is 14.1. The van der Waals surface area contributed by atoms with Crippen LogP contribution >= 0.6 is 12.4 Å². The molecule has 0 spiro atoms. The van der Waals surface area contributed by atoms with Gasteiger partial charge >= 0.3 is 0 Å². The maximum absolute atomic E-state index is 12.1. The highest BCUT2D eigenvalue weighted by molar-refractivity contribution is 5.85. The van der Waals surface area contributed by atoms with Gasteiger partial charge in [0.1, 0.15) is 0 Å². The highest BCUT2D eigenvalue weighted by Gasteiger charge is 2.33. The van der Waals surface area contributed by atoms with Crippen LogP contribution in [0.2, 0.25) is 0 Å². The largest absolute Gasteiger partial charge is 0.376 e. The van der Waals surface area contributed by atoms with E-state index in [9.17, 15) is 4.79 Å². The molecule has 1 amide bonds. The third kappa shape index (κ3) is 4.45. The number of halogens is 1. The summed E-state index contributed by atoms with van der Waals surface area (Å²) >= 11 is 0. The van der Waals surface area contributed by atoms with Crippen molar-refractivity contribution < 1.29 is 9.53 Å². The Hall–Kier alpha value is -1.10. The molecule has 2 aliphatic rings. The van der Waals surface area contributed by atoms with Crippen LogP contribution in [0.1, 0.15) is 18.4 Å². The molecule has 2 heterocycles. The lowest BCUT2D eigenvalue weighted by Gasteiger charge is -2.30. The first-order valence-corrected chi connectivity index (χ1v) is 7.98. The molecule has 2 fully saturated rings. The Labute approximate surface area is 138 Å². The van der Waals surface area contributed by atoms with E-state index in [1.54, 1.807) is 0 Å². The molecule has 1 unspecified atom stereocenters. The van der Waals surface area contributed by atoms with Gasteiger partial charge in [0.2, 0.25) is 5.91 Å². The van der Waals surface area contributed by atoms with Gasteiger partial charge in [0, 0.05) is 32.8 Å². The van der Waals surface area contributed by atoms with Crippen LogP contribution in [0.25, 0.3) is 0 Å². The van der Waals surface area contributed by atoms with E-state index in [1.165, 1.54) is 5.56 Å². The molecule has 1 N–H and O–H groups in total. The van der Waals surface area contributed by atoms with E-state index in [-0.39, 0.29) is 24.4 Å². The number of ether oxygens (including phenoxy) is 1. The Kier molecular flexibility index (Phi) is 6.68. The number of nitrogens with one attached hydrogen (secondary N) is 1. The lowest BCUT2D eigenvalue weighted by Crippen LogP contribution is -2.51. The topological polar surface area (TPSA) is 41.6 Å². The predicted molar refractivity (Wildman–Crippen MR) is 89.3 cm³/mol. The second-order valence-electron chi connectivity index (χ2n) is 6.01. The number of hydrogen-bond acceptors (Lipinski definition) is 3. The molecule has 0 radical (unpaired) electrons. The first-order valence-electron chi connectivity index (χ1n) is 7.98. The highest BCUT2D eigenvalue weighted by atomic mass is 35.5. The summed E-state index contributed by atoms with van der Waals surface area (Å²) in [7, 11) is 0. The van der Waals surface area contributed by atoms with E-state index in [1.807, 2.05) is 11.0 Å². The van der Waals surface area contributed by atoms with Gasteiger partial charge < -0.3 is 15.0 Å². The summed E-state index contributed by atoms with van der Waals surface area (Å²) in [6, 6.07) is 10.5. The van der Waals surface area contributed by atoms with Gasteiger partial charge in [0.05, 0.1) is 12.0 Å². The smallest absolute Gasteiger partial charge is 0.228 e. The van der Waals surface area contributed by atoms with Crippen LogP contribution in [0, 0.1) is 5.92 Å². The predicted octanol–water partition coefficient (Wildman–Crippen LogP) is 1.88. The Morgan fingerprint density at radius 2 is 2.05 bits per heavy atom. The fraction of sp³-hybridized carbons (Fsp3) is 0.588. The fourth-order valence-electron chi connectivity index (χ4n) is 2.96. The monoisotopic (exact) mass is 324 g/mol. The van der Waals surface area contributed by atoms with E-state index in [2.05, 4.69) is 29.6 Å². The second-order valence-corrected chi connectivity index (χ2v) is 6.01. The average molecular weight is 325 g/mol. The number of carbonyl (C=O) groups excluding carboxylic acids is 1. The highest BCUT2D eigenvalue weighted by Crippen LogP contribution is 2.17. The van der Waals surface area contributed by atoms with Crippen molar-refractivity contribution in [2.24, 2.45) is 5.92 Å². The quantitative estimate of drug-likeness (QED) is 0.812. The normalized spacial score (nSPS) is 21.3. The Morgan fingerprint density at radius 1 is 1.27 bits per heavy atom. The first kappa shape index (κ1) is 17.3. The van der Waals surface area contributed by atoms with Crippen molar-refractivity contribution in [3.8, 4) is 0 Å². The van der Waals surface area contributed by atoms with Crippen LogP contribution < -0.4 is 5.32 Å². The Bertz CT molecular complexity index is 465. The van der Waals surface area contributed by atoms with Crippen molar-refractivity contribution in [3.63, 3.8) is 0 Å². The van der Waals surface area contributed by atoms with Crippen molar-refractivity contribution in [1.29, 1.82) is 0 Å². The molecule has 2 aliphatic heterocycles. The summed E-state index contributed by atoms with van der Waals surface area (Å²) in [5.74, 6) is 0.519. The Balaban J connectivity index is 0.00000176. The molecule has 0 bridgehead atoms. The van der Waals surface area contributed by atoms with Crippen LogP contribution in [-0.2, 0) is 16.0 Å². The fourth-order valence-corrected chi connectivity index (χ4v) is 2.96. The van der Waals surface area contributed by atoms with Crippen molar-refractivity contribution in [2.75, 3.05) is 32.8 Å². The lowest BCUT2D eigenvalue weighted by molar-refractivity contribution is -0.136. The summed E-state index contributed by atoms with van der Waals surface area (Å²) in [5, 5.41) is 3.16. The first-order chi connectivity index (χ1) is 10.3. The second kappa shape index (κ2) is 8.51. The minimum absolute atomic E-state index is 0. The molecule has 2 saturated heterocycles. The van der Waals surface area contributed by atoms with E-state index in [4.69, 9.17) is 4.74 Å². The van der Waals surface area contributed by atoms with Crippen LogP contribution in [0.5, 0.6) is 0 Å². The van der Waals surface area contributed by atoms with Crippen LogP contribution in [0.3, 0.4) is 0 Å². The number of amides is 1. The van der Waals surface area contributed by atoms with Gasteiger partial charge in [-0.3, -0.25) is 4.79 Å². The van der Waals surface area contributed by atoms with Crippen LogP contribution in [0.4, 0.5) is 0 Å². The van der Waals surface area contributed by atoms with Crippen molar-refractivity contribution >= 4 is 18.3 Å². The molecule has 0 aliphatic carbocycles. The Morgan fingerprint density at radius 3 is 2.73 bits per heavy atom. The third-order valence-electron chi connectivity index (χ3n) is 4.39. The zero-order valence-electron chi connectivity index (χ0n) is 12.9. The average Bonchev–Trinajstić information content (AvgIpc) is 2.92. The minimum atomic E-state index is 0. The molecule has 0 aromatic heterocycles. The molecule has 3 rings (SSSR count). The van der Waals surface area contributed by atoms with Crippen molar-refractivity contribution in [1.82, 2.24) is 10.2 Å². The molecular weight excluding hydrogens is 300 g/mol. The lowest BCUT2D eigenvalue weighted by atomic mass is 10.0. The third-order valence-corrected chi connectivity index (χ3v) is 4.39. The van der Waals surface area contributed by atoms with Crippen LogP contribution in [0.15, 0.2) is 30.3 Å². The van der Waals surface area contributed by atoms with E-state index < -0.39 is 0 Å². The minimum Gasteiger partial charge on any atom is -0.376 e. The number of benzene rings is 1. The molecule has 0 saturated carbocycles. The number of carbonyl (C=O) groups is 1. The summed E-state index contributed by atoms with van der Waals surface area (Å²) in [6.07, 6.45) is 3.32. The van der Waals surface area contributed by atoms with Gasteiger partial charge in [0.25, 0.3) is 0 Å². The number of nitrogens with zero attached hydrogens (tertiary/aromatic N) is 1. The van der Waals surface area contributed by atoms with Crippen molar-refractivity contribution in [2.45, 2.75) is 25.4 Å². The SMILES string of the molecule is Cl.O=C(C1CNC1)N1CCC(OCCCc2ccccc2)C1. The van der Waals surface area contributed by atoms with Crippen LogP contribution in [-0.4, -0.2) is 49.7 Å². The zero-order valence-corrected chi connectivity index (χ0v) is 13.7. The molecular formula is C17H25ClN2O2. The number of hydrogen-bond donors (Lipinski definition) is 1. The molecule has 5 heteroatoms. The summed E-state index contributed by atoms with van der Waals surface area (Å²) < 4.78 is 5.93. The van der Waals surface area contributed by atoms with E-state index in [0.717, 1.165) is 52.0 Å². The van der Waals surface area contributed by atoms with E-state index in [0.29, 0.717) is 5.91 Å². The molecule has 22 heavy (non-hydrogen) atoms. The standard InChI is InChI=1S/C17H24N2O2.ClH/c20-17(15-11-18-12-15)19-9-8-16(13-19)21-10-4-7-14-5-2-1-3-6-14;/h1-3,5-6,15-16,18H,4,7-13H2;1H. The number of likely N-dealkylation sites (tertiary alicyclic amines) is 1. The maximum Gasteiger partial charge on any atom is 0.228 e. The maximum atomic E-state index is 12.1. The van der Waals surface area contributed by atoms with Crippen molar-refractivity contribution in [3.05, 3.63) is 35.9 Å². The van der Waals surface area contributed by atoms with E-state index >= 15 is 0 Å². The van der Waals surface area contributed by atoms with Gasteiger partial charge in [0.15, 0.2) is 0 Å². The number of aryl methyl sites for hydroxylation is 1. The van der Waals surface area contributed by atoms with Gasteiger partial charge in [-0.15, -0.1) is 12.4 Å². The molecule has 4 nitrogen and oxygen atoms in total. The van der Waals surface area contributed by atoms with Gasteiger partial charge in [-0.05, 0) is 24.8 Å². The molecule has 1 aromatic carbocycles. The zero-order chi connectivity index (χ0) is 14.5. The molecule has 1 aromatic rings.